The van der Waals surface area contributed by atoms with E-state index in [0.29, 0.717) is 30.9 Å². The molecule has 2 saturated heterocycles. The van der Waals surface area contributed by atoms with Crippen LogP contribution in [0.3, 0.4) is 0 Å². The molecule has 8 heteroatoms. The molecule has 0 unspecified atom stereocenters. The smallest absolute Gasteiger partial charge is 0.381 e. The molecule has 1 aliphatic carbocycles. The van der Waals surface area contributed by atoms with Gasteiger partial charge >= 0.3 is 6.18 Å². The van der Waals surface area contributed by atoms with Crippen molar-refractivity contribution < 1.29 is 27.5 Å². The molecule has 2 bridgehead atoms. The molecular weight excluding hydrogens is 397 g/mol. The SMILES string of the molecule is Cc1cc(C(F)(F)F)ccc1NC(=O)[C@@H]1[C@@H]2CC[C@@H](C2)N1C(=O)CC1CCOCC1. The zero-order chi connectivity index (χ0) is 21.5. The van der Waals surface area contributed by atoms with Crippen molar-refractivity contribution in [3.8, 4) is 0 Å². The first-order valence-corrected chi connectivity index (χ1v) is 10.6. The van der Waals surface area contributed by atoms with Crippen molar-refractivity contribution in [2.75, 3.05) is 18.5 Å². The van der Waals surface area contributed by atoms with Crippen molar-refractivity contribution >= 4 is 17.5 Å². The number of halogens is 3. The maximum atomic E-state index is 13.1. The fraction of sp³-hybridized carbons (Fsp3) is 0.636. The molecule has 0 spiro atoms. The third-order valence-corrected chi connectivity index (χ3v) is 6.76. The van der Waals surface area contributed by atoms with Crippen LogP contribution in [0.25, 0.3) is 0 Å². The van der Waals surface area contributed by atoms with Crippen molar-refractivity contribution in [2.24, 2.45) is 11.8 Å². The predicted octanol–water partition coefficient (Wildman–Crippen LogP) is 4.15. The maximum Gasteiger partial charge on any atom is 0.416 e. The van der Waals surface area contributed by atoms with Crippen LogP contribution in [-0.2, 0) is 20.5 Å². The largest absolute Gasteiger partial charge is 0.416 e. The number of ether oxygens (including phenoxy) is 1. The van der Waals surface area contributed by atoms with Gasteiger partial charge in [0.05, 0.1) is 5.56 Å². The molecular formula is C22H27F3N2O3. The van der Waals surface area contributed by atoms with E-state index in [1.165, 1.54) is 6.07 Å². The number of nitrogens with one attached hydrogen (secondary N) is 1. The molecule has 3 aliphatic rings. The summed E-state index contributed by atoms with van der Waals surface area (Å²) in [4.78, 5) is 27.9. The Morgan fingerprint density at radius 2 is 1.90 bits per heavy atom. The minimum atomic E-state index is -4.43. The van der Waals surface area contributed by atoms with Gasteiger partial charge in [0.25, 0.3) is 0 Å². The average molecular weight is 424 g/mol. The summed E-state index contributed by atoms with van der Waals surface area (Å²) in [5.74, 6) is 0.110. The van der Waals surface area contributed by atoms with E-state index in [1.54, 1.807) is 11.8 Å². The highest BCUT2D eigenvalue weighted by molar-refractivity contribution is 5.98. The number of anilines is 1. The molecule has 3 fully saturated rings. The average Bonchev–Trinajstić information content (AvgIpc) is 3.31. The summed E-state index contributed by atoms with van der Waals surface area (Å²) < 4.78 is 44.1. The molecule has 3 atom stereocenters. The molecule has 4 rings (SSSR count). The summed E-state index contributed by atoms with van der Waals surface area (Å²) >= 11 is 0. The molecule has 1 N–H and O–H groups in total. The van der Waals surface area contributed by atoms with E-state index in [-0.39, 0.29) is 29.7 Å². The van der Waals surface area contributed by atoms with Gasteiger partial charge in [0.15, 0.2) is 0 Å². The van der Waals surface area contributed by atoms with Crippen LogP contribution in [-0.4, -0.2) is 42.0 Å². The quantitative estimate of drug-likeness (QED) is 0.790. The molecule has 0 radical (unpaired) electrons. The van der Waals surface area contributed by atoms with Crippen LogP contribution in [0.2, 0.25) is 0 Å². The van der Waals surface area contributed by atoms with Gasteiger partial charge in [-0.25, -0.2) is 0 Å². The number of carbonyl (C=O) groups is 2. The van der Waals surface area contributed by atoms with E-state index in [1.807, 2.05) is 0 Å². The molecule has 5 nitrogen and oxygen atoms in total. The van der Waals surface area contributed by atoms with E-state index in [2.05, 4.69) is 5.32 Å². The Hall–Kier alpha value is -2.09. The minimum absolute atomic E-state index is 0.0124. The van der Waals surface area contributed by atoms with E-state index in [4.69, 9.17) is 4.74 Å². The number of hydrogen-bond acceptors (Lipinski definition) is 3. The van der Waals surface area contributed by atoms with Gasteiger partial charge in [-0.15, -0.1) is 0 Å². The Morgan fingerprint density at radius 1 is 1.17 bits per heavy atom. The van der Waals surface area contributed by atoms with Gasteiger partial charge in [-0.1, -0.05) is 0 Å². The molecule has 1 saturated carbocycles. The van der Waals surface area contributed by atoms with Crippen LogP contribution in [0.15, 0.2) is 18.2 Å². The molecule has 30 heavy (non-hydrogen) atoms. The number of likely N-dealkylation sites (tertiary alicyclic amines) is 1. The van der Waals surface area contributed by atoms with Crippen LogP contribution in [0.5, 0.6) is 0 Å². The van der Waals surface area contributed by atoms with Gasteiger partial charge in [-0.05, 0) is 74.6 Å². The molecule has 1 aromatic rings. The third-order valence-electron chi connectivity index (χ3n) is 6.76. The lowest BCUT2D eigenvalue weighted by Crippen LogP contribution is -2.51. The zero-order valence-electron chi connectivity index (χ0n) is 17.0. The standard InChI is InChI=1S/C22H27F3N2O3/c1-13-10-16(22(23,24)25)3-5-18(13)26-21(29)20-15-2-4-17(12-15)27(20)19(28)11-14-6-8-30-9-7-14/h3,5,10,14-15,17,20H,2,4,6-9,11-12H2,1H3,(H,26,29)/t15-,17+,20+/m1/s1. The highest BCUT2D eigenvalue weighted by Gasteiger charge is 2.51. The number of amides is 2. The first-order chi connectivity index (χ1) is 14.2. The lowest BCUT2D eigenvalue weighted by atomic mass is 9.93. The van der Waals surface area contributed by atoms with E-state index >= 15 is 0 Å². The van der Waals surface area contributed by atoms with Crippen LogP contribution in [0.1, 0.15) is 49.7 Å². The van der Waals surface area contributed by atoms with Crippen molar-refractivity contribution in [2.45, 2.75) is 63.7 Å². The van der Waals surface area contributed by atoms with Crippen molar-refractivity contribution in [3.63, 3.8) is 0 Å². The summed E-state index contributed by atoms with van der Waals surface area (Å²) in [6, 6.07) is 2.84. The maximum absolute atomic E-state index is 13.1. The molecule has 2 heterocycles. The first kappa shape index (κ1) is 21.2. The number of aryl methyl sites for hydroxylation is 1. The van der Waals surface area contributed by atoms with Crippen molar-refractivity contribution in [1.29, 1.82) is 0 Å². The minimum Gasteiger partial charge on any atom is -0.381 e. The second-order valence-electron chi connectivity index (χ2n) is 8.75. The zero-order valence-corrected chi connectivity index (χ0v) is 17.0. The number of piperidine rings is 1. The van der Waals surface area contributed by atoms with Gasteiger partial charge in [0.2, 0.25) is 11.8 Å². The second kappa shape index (κ2) is 8.21. The molecule has 1 aromatic carbocycles. The summed E-state index contributed by atoms with van der Waals surface area (Å²) in [7, 11) is 0. The number of carbonyl (C=O) groups excluding carboxylic acids is 2. The normalized spacial score (nSPS) is 26.8. The number of rotatable bonds is 4. The highest BCUT2D eigenvalue weighted by Crippen LogP contribution is 2.44. The van der Waals surface area contributed by atoms with Gasteiger partial charge in [-0.2, -0.15) is 13.2 Å². The Balaban J connectivity index is 1.47. The van der Waals surface area contributed by atoms with Gasteiger partial charge in [-0.3, -0.25) is 9.59 Å². The highest BCUT2D eigenvalue weighted by atomic mass is 19.4. The fourth-order valence-corrected chi connectivity index (χ4v) is 5.17. The van der Waals surface area contributed by atoms with Crippen LogP contribution >= 0.6 is 0 Å². The van der Waals surface area contributed by atoms with Gasteiger partial charge in [0, 0.05) is 31.4 Å². The predicted molar refractivity (Wildman–Crippen MR) is 105 cm³/mol. The summed E-state index contributed by atoms with van der Waals surface area (Å²) in [6.07, 6.45) is 0.345. The topological polar surface area (TPSA) is 58.6 Å². The summed E-state index contributed by atoms with van der Waals surface area (Å²) in [6.45, 7) is 2.88. The Kier molecular flexibility index (Phi) is 5.79. The molecule has 2 aliphatic heterocycles. The summed E-state index contributed by atoms with van der Waals surface area (Å²) in [5, 5.41) is 2.78. The lowest BCUT2D eigenvalue weighted by molar-refractivity contribution is -0.142. The Labute approximate surface area is 173 Å². The Morgan fingerprint density at radius 3 is 2.57 bits per heavy atom. The fourth-order valence-electron chi connectivity index (χ4n) is 5.17. The molecule has 164 valence electrons. The Bertz CT molecular complexity index is 820. The monoisotopic (exact) mass is 424 g/mol. The third kappa shape index (κ3) is 4.19. The summed E-state index contributed by atoms with van der Waals surface area (Å²) in [5.41, 5.74) is -0.0415. The van der Waals surface area contributed by atoms with Crippen molar-refractivity contribution in [1.82, 2.24) is 4.90 Å². The van der Waals surface area contributed by atoms with Crippen LogP contribution < -0.4 is 5.32 Å². The molecule has 2 amide bonds. The number of alkyl halides is 3. The van der Waals surface area contributed by atoms with Gasteiger partial charge in [0.1, 0.15) is 6.04 Å². The van der Waals surface area contributed by atoms with E-state index in [9.17, 15) is 22.8 Å². The van der Waals surface area contributed by atoms with Crippen LogP contribution in [0, 0.1) is 18.8 Å². The second-order valence-corrected chi connectivity index (χ2v) is 8.75. The van der Waals surface area contributed by atoms with Crippen LogP contribution in [0.4, 0.5) is 18.9 Å². The van der Waals surface area contributed by atoms with E-state index < -0.39 is 17.8 Å². The number of hydrogen-bond donors (Lipinski definition) is 1. The molecule has 0 aromatic heterocycles. The van der Waals surface area contributed by atoms with E-state index in [0.717, 1.165) is 44.2 Å². The van der Waals surface area contributed by atoms with Crippen molar-refractivity contribution in [3.05, 3.63) is 29.3 Å². The first-order valence-electron chi connectivity index (χ1n) is 10.6. The number of nitrogens with zero attached hydrogens (tertiary/aromatic N) is 1. The van der Waals surface area contributed by atoms with Gasteiger partial charge < -0.3 is 15.0 Å². The number of benzene rings is 1. The lowest BCUT2D eigenvalue weighted by Gasteiger charge is -2.36. The number of fused-ring (bicyclic) bond motifs is 2.